The third-order valence-electron chi connectivity index (χ3n) is 5.65. The Balaban J connectivity index is 1.94. The zero-order chi connectivity index (χ0) is 25.2. The maximum Gasteiger partial charge on any atom is 0.247 e. The number of rotatable bonds is 13. The Labute approximate surface area is 206 Å². The molecule has 2 aromatic carbocycles. The SMILES string of the molecule is CCOc1ccc(C(C(=O)NCCOC)N(CCC(C)C)C(=O)Cn2nnc3ccccc32)cc1. The van der Waals surface area contributed by atoms with Crippen molar-refractivity contribution in [3.05, 3.63) is 54.1 Å². The number of ether oxygens (including phenoxy) is 2. The van der Waals surface area contributed by atoms with Crippen molar-refractivity contribution < 1.29 is 19.1 Å². The molecular formula is C26H35N5O4. The van der Waals surface area contributed by atoms with Gasteiger partial charge in [0.15, 0.2) is 0 Å². The standard InChI is InChI=1S/C26H35N5O4/c1-5-35-21-12-10-20(11-13-21)25(26(33)27-15-17-34-4)30(16-14-19(2)3)24(32)18-31-23-9-7-6-8-22(23)28-29-31/h6-13,19,25H,5,14-18H2,1-4H3,(H,27,33). The number of hydrogen-bond donors (Lipinski definition) is 1. The molecule has 1 N–H and O–H groups in total. The number of benzene rings is 2. The molecule has 0 aliphatic carbocycles. The zero-order valence-electron chi connectivity index (χ0n) is 20.9. The van der Waals surface area contributed by atoms with E-state index in [1.165, 1.54) is 0 Å². The summed E-state index contributed by atoms with van der Waals surface area (Å²) in [4.78, 5) is 28.7. The van der Waals surface area contributed by atoms with Crippen molar-refractivity contribution in [3.8, 4) is 5.75 Å². The summed E-state index contributed by atoms with van der Waals surface area (Å²) >= 11 is 0. The first-order chi connectivity index (χ1) is 16.9. The lowest BCUT2D eigenvalue weighted by Crippen LogP contribution is -2.46. The Bertz CT molecular complexity index is 1100. The predicted molar refractivity (Wildman–Crippen MR) is 134 cm³/mol. The van der Waals surface area contributed by atoms with Gasteiger partial charge in [0.25, 0.3) is 0 Å². The summed E-state index contributed by atoms with van der Waals surface area (Å²) in [6.07, 6.45) is 0.753. The van der Waals surface area contributed by atoms with E-state index in [1.54, 1.807) is 16.7 Å². The summed E-state index contributed by atoms with van der Waals surface area (Å²) in [7, 11) is 1.58. The fourth-order valence-corrected chi connectivity index (χ4v) is 3.81. The van der Waals surface area contributed by atoms with Gasteiger partial charge in [0, 0.05) is 20.2 Å². The number of nitrogens with one attached hydrogen (secondary N) is 1. The number of fused-ring (bicyclic) bond motifs is 1. The number of methoxy groups -OCH3 is 1. The van der Waals surface area contributed by atoms with Crippen molar-refractivity contribution in [2.45, 2.75) is 39.8 Å². The van der Waals surface area contributed by atoms with Crippen molar-refractivity contribution in [3.63, 3.8) is 0 Å². The van der Waals surface area contributed by atoms with Gasteiger partial charge in [0.05, 0.1) is 18.7 Å². The van der Waals surface area contributed by atoms with Gasteiger partial charge in [-0.2, -0.15) is 0 Å². The normalized spacial score (nSPS) is 12.0. The van der Waals surface area contributed by atoms with Crippen molar-refractivity contribution in [2.75, 3.05) is 33.4 Å². The summed E-state index contributed by atoms with van der Waals surface area (Å²) < 4.78 is 12.2. The molecule has 0 aliphatic rings. The molecule has 3 rings (SSSR count). The topological polar surface area (TPSA) is 98.6 Å². The molecule has 1 heterocycles. The van der Waals surface area contributed by atoms with Crippen LogP contribution in [0.25, 0.3) is 11.0 Å². The van der Waals surface area contributed by atoms with Crippen molar-refractivity contribution in [1.82, 2.24) is 25.2 Å². The molecule has 1 aromatic heterocycles. The minimum Gasteiger partial charge on any atom is -0.494 e. The average molecular weight is 482 g/mol. The molecule has 0 fully saturated rings. The van der Waals surface area contributed by atoms with E-state index in [4.69, 9.17) is 9.47 Å². The van der Waals surface area contributed by atoms with Gasteiger partial charge in [-0.15, -0.1) is 5.10 Å². The Morgan fingerprint density at radius 3 is 2.54 bits per heavy atom. The number of para-hydroxylation sites is 1. The second-order valence-corrected chi connectivity index (χ2v) is 8.69. The summed E-state index contributed by atoms with van der Waals surface area (Å²) in [5, 5.41) is 11.2. The molecule has 1 unspecified atom stereocenters. The Kier molecular flexibility index (Phi) is 9.60. The molecule has 1 atom stereocenters. The highest BCUT2D eigenvalue weighted by atomic mass is 16.5. The highest BCUT2D eigenvalue weighted by Gasteiger charge is 2.32. The van der Waals surface area contributed by atoms with Gasteiger partial charge in [0.1, 0.15) is 23.9 Å². The van der Waals surface area contributed by atoms with E-state index in [1.807, 2.05) is 55.5 Å². The zero-order valence-corrected chi connectivity index (χ0v) is 20.9. The quantitative estimate of drug-likeness (QED) is 0.377. The fraction of sp³-hybridized carbons (Fsp3) is 0.462. The van der Waals surface area contributed by atoms with Gasteiger partial charge >= 0.3 is 0 Å². The maximum absolute atomic E-state index is 13.7. The van der Waals surface area contributed by atoms with Gasteiger partial charge in [-0.3, -0.25) is 9.59 Å². The molecule has 3 aromatic rings. The van der Waals surface area contributed by atoms with E-state index in [0.717, 1.165) is 17.5 Å². The van der Waals surface area contributed by atoms with E-state index in [9.17, 15) is 9.59 Å². The number of carbonyl (C=O) groups excluding carboxylic acids is 2. The van der Waals surface area contributed by atoms with Crippen LogP contribution in [0.4, 0.5) is 0 Å². The van der Waals surface area contributed by atoms with Crippen molar-refractivity contribution in [2.24, 2.45) is 5.92 Å². The Morgan fingerprint density at radius 2 is 1.86 bits per heavy atom. The average Bonchev–Trinajstić information content (AvgIpc) is 3.25. The lowest BCUT2D eigenvalue weighted by molar-refractivity contribution is -0.141. The largest absolute Gasteiger partial charge is 0.494 e. The number of nitrogens with zero attached hydrogens (tertiary/aromatic N) is 4. The molecular weight excluding hydrogens is 446 g/mol. The molecule has 0 aliphatic heterocycles. The first kappa shape index (κ1) is 26.2. The first-order valence-corrected chi connectivity index (χ1v) is 12.0. The maximum atomic E-state index is 13.7. The third-order valence-corrected chi connectivity index (χ3v) is 5.65. The van der Waals surface area contributed by atoms with Gasteiger partial charge < -0.3 is 19.7 Å². The molecule has 0 saturated heterocycles. The minimum absolute atomic E-state index is 0.0164. The predicted octanol–water partition coefficient (Wildman–Crippen LogP) is 3.21. The van der Waals surface area contributed by atoms with Crippen LogP contribution in [0.3, 0.4) is 0 Å². The molecule has 9 heteroatoms. The van der Waals surface area contributed by atoms with Gasteiger partial charge in [-0.1, -0.05) is 43.3 Å². The molecule has 188 valence electrons. The lowest BCUT2D eigenvalue weighted by atomic mass is 10.0. The van der Waals surface area contributed by atoms with Crippen molar-refractivity contribution >= 4 is 22.8 Å². The summed E-state index contributed by atoms with van der Waals surface area (Å²) in [5.41, 5.74) is 2.20. The molecule has 0 bridgehead atoms. The van der Waals surface area contributed by atoms with Gasteiger partial charge in [-0.25, -0.2) is 4.68 Å². The highest BCUT2D eigenvalue weighted by Crippen LogP contribution is 2.26. The van der Waals surface area contributed by atoms with E-state index >= 15 is 0 Å². The van der Waals surface area contributed by atoms with Crippen LogP contribution in [0.2, 0.25) is 0 Å². The number of carbonyl (C=O) groups is 2. The van der Waals surface area contributed by atoms with E-state index in [0.29, 0.717) is 43.5 Å². The number of amides is 2. The van der Waals surface area contributed by atoms with E-state index in [2.05, 4.69) is 29.5 Å². The monoisotopic (exact) mass is 481 g/mol. The van der Waals surface area contributed by atoms with Crippen LogP contribution in [-0.4, -0.2) is 65.1 Å². The number of hydrogen-bond acceptors (Lipinski definition) is 6. The van der Waals surface area contributed by atoms with Crippen LogP contribution < -0.4 is 10.1 Å². The second kappa shape index (κ2) is 12.9. The molecule has 2 amide bonds. The minimum atomic E-state index is -0.802. The van der Waals surface area contributed by atoms with Crippen LogP contribution in [0.1, 0.15) is 38.8 Å². The molecule has 9 nitrogen and oxygen atoms in total. The van der Waals surface area contributed by atoms with E-state index in [-0.39, 0.29) is 18.4 Å². The smallest absolute Gasteiger partial charge is 0.247 e. The lowest BCUT2D eigenvalue weighted by Gasteiger charge is -2.32. The van der Waals surface area contributed by atoms with Crippen LogP contribution in [0, 0.1) is 5.92 Å². The molecule has 0 saturated carbocycles. The van der Waals surface area contributed by atoms with Gasteiger partial charge in [0.2, 0.25) is 11.8 Å². The summed E-state index contributed by atoms with van der Waals surface area (Å²) in [6.45, 7) is 7.80. The van der Waals surface area contributed by atoms with Gasteiger partial charge in [-0.05, 0) is 49.1 Å². The van der Waals surface area contributed by atoms with Crippen LogP contribution in [0.15, 0.2) is 48.5 Å². The van der Waals surface area contributed by atoms with E-state index < -0.39 is 6.04 Å². The number of aromatic nitrogens is 3. The van der Waals surface area contributed by atoms with Crippen LogP contribution in [0.5, 0.6) is 5.75 Å². The first-order valence-electron chi connectivity index (χ1n) is 12.0. The highest BCUT2D eigenvalue weighted by molar-refractivity contribution is 5.89. The fourth-order valence-electron chi connectivity index (χ4n) is 3.81. The van der Waals surface area contributed by atoms with Crippen LogP contribution >= 0.6 is 0 Å². The Hall–Kier alpha value is -3.46. The van der Waals surface area contributed by atoms with Crippen molar-refractivity contribution in [1.29, 1.82) is 0 Å². The summed E-state index contributed by atoms with van der Waals surface area (Å²) in [6, 6.07) is 14.0. The van der Waals surface area contributed by atoms with Crippen LogP contribution in [-0.2, 0) is 20.9 Å². The molecule has 0 radical (unpaired) electrons. The molecule has 0 spiro atoms. The second-order valence-electron chi connectivity index (χ2n) is 8.69. The summed E-state index contributed by atoms with van der Waals surface area (Å²) in [5.74, 6) is 0.604. The Morgan fingerprint density at radius 1 is 1.11 bits per heavy atom. The third kappa shape index (κ3) is 7.02. The molecule has 35 heavy (non-hydrogen) atoms.